The first-order chi connectivity index (χ1) is 9.99. The van der Waals surface area contributed by atoms with Crippen molar-refractivity contribution in [1.29, 1.82) is 5.26 Å². The molecule has 0 aliphatic heterocycles. The second kappa shape index (κ2) is 8.10. The van der Waals surface area contributed by atoms with Crippen LogP contribution in [0.3, 0.4) is 0 Å². The lowest BCUT2D eigenvalue weighted by Gasteiger charge is -2.26. The van der Waals surface area contributed by atoms with Crippen LogP contribution in [0.4, 0.5) is 11.4 Å². The average molecular weight is 291 g/mol. The third-order valence-electron chi connectivity index (χ3n) is 2.88. The normalized spacial score (nSPS) is 10.2. The molecule has 0 N–H and O–H groups in total. The largest absolute Gasteiger partial charge is 0.487 e. The minimum atomic E-state index is -0.448. The van der Waals surface area contributed by atoms with E-state index in [9.17, 15) is 10.1 Å². The van der Waals surface area contributed by atoms with Crippen molar-refractivity contribution in [3.05, 3.63) is 28.3 Å². The standard InChI is InChI=1S/C15H21N3O3/c1-4-21-15-10-13(6-7-14(15)18(19)20)17(9-5-8-16)11-12(2)3/h6-7,10,12H,4-5,9,11H2,1-3H3. The molecule has 0 bridgehead atoms. The summed E-state index contributed by atoms with van der Waals surface area (Å²) in [7, 11) is 0. The second-order valence-electron chi connectivity index (χ2n) is 5.09. The van der Waals surface area contributed by atoms with Crippen molar-refractivity contribution >= 4 is 11.4 Å². The topological polar surface area (TPSA) is 79.4 Å². The zero-order chi connectivity index (χ0) is 15.8. The summed E-state index contributed by atoms with van der Waals surface area (Å²) in [6, 6.07) is 6.98. The molecule has 1 aromatic rings. The highest BCUT2D eigenvalue weighted by Crippen LogP contribution is 2.32. The van der Waals surface area contributed by atoms with Crippen LogP contribution in [-0.4, -0.2) is 24.6 Å². The van der Waals surface area contributed by atoms with Gasteiger partial charge in [-0.15, -0.1) is 0 Å². The Kier molecular flexibility index (Phi) is 6.47. The summed E-state index contributed by atoms with van der Waals surface area (Å²) in [5.74, 6) is 0.695. The van der Waals surface area contributed by atoms with Gasteiger partial charge >= 0.3 is 5.69 Å². The predicted molar refractivity (Wildman–Crippen MR) is 81.5 cm³/mol. The molecule has 21 heavy (non-hydrogen) atoms. The van der Waals surface area contributed by atoms with Gasteiger partial charge in [0, 0.05) is 30.9 Å². The number of hydrogen-bond acceptors (Lipinski definition) is 5. The lowest BCUT2D eigenvalue weighted by Crippen LogP contribution is -2.28. The van der Waals surface area contributed by atoms with Gasteiger partial charge in [0.1, 0.15) is 0 Å². The summed E-state index contributed by atoms with van der Waals surface area (Å²) in [5.41, 5.74) is 0.804. The Morgan fingerprint density at radius 2 is 2.19 bits per heavy atom. The van der Waals surface area contributed by atoms with Crippen LogP contribution in [0.15, 0.2) is 18.2 Å². The van der Waals surface area contributed by atoms with Crippen molar-refractivity contribution in [2.45, 2.75) is 27.2 Å². The molecule has 0 atom stereocenters. The van der Waals surface area contributed by atoms with Crippen molar-refractivity contribution < 1.29 is 9.66 Å². The van der Waals surface area contributed by atoms with Crippen molar-refractivity contribution in [2.75, 3.05) is 24.6 Å². The second-order valence-corrected chi connectivity index (χ2v) is 5.09. The predicted octanol–water partition coefficient (Wildman–Crippen LogP) is 3.37. The Labute approximate surface area is 125 Å². The number of anilines is 1. The number of nitrogens with zero attached hydrogens (tertiary/aromatic N) is 3. The van der Waals surface area contributed by atoms with E-state index in [-0.39, 0.29) is 11.4 Å². The van der Waals surface area contributed by atoms with Gasteiger partial charge in [0.25, 0.3) is 0 Å². The van der Waals surface area contributed by atoms with E-state index in [0.29, 0.717) is 25.5 Å². The van der Waals surface area contributed by atoms with E-state index in [1.807, 2.05) is 0 Å². The molecule has 0 aromatic heterocycles. The van der Waals surface area contributed by atoms with E-state index < -0.39 is 4.92 Å². The van der Waals surface area contributed by atoms with Gasteiger partial charge in [-0.25, -0.2) is 0 Å². The molecule has 0 radical (unpaired) electrons. The average Bonchev–Trinajstić information content (AvgIpc) is 2.43. The number of nitro benzene ring substituents is 1. The van der Waals surface area contributed by atoms with E-state index in [1.165, 1.54) is 6.07 Å². The molecule has 114 valence electrons. The molecule has 0 heterocycles. The summed E-state index contributed by atoms with van der Waals surface area (Å²) in [4.78, 5) is 12.6. The van der Waals surface area contributed by atoms with Crippen LogP contribution in [-0.2, 0) is 0 Å². The van der Waals surface area contributed by atoms with Gasteiger partial charge in [0.2, 0.25) is 0 Å². The first kappa shape index (κ1) is 16.8. The molecule has 1 rings (SSSR count). The van der Waals surface area contributed by atoms with Crippen LogP contribution in [0, 0.1) is 27.4 Å². The molecule has 0 fully saturated rings. The Balaban J connectivity index is 3.10. The highest BCUT2D eigenvalue weighted by Gasteiger charge is 2.18. The van der Waals surface area contributed by atoms with E-state index in [0.717, 1.165) is 12.2 Å². The van der Waals surface area contributed by atoms with Gasteiger partial charge in [-0.05, 0) is 18.9 Å². The Morgan fingerprint density at radius 1 is 1.48 bits per heavy atom. The molecule has 6 nitrogen and oxygen atoms in total. The molecule has 1 aromatic carbocycles. The minimum Gasteiger partial charge on any atom is -0.487 e. The highest BCUT2D eigenvalue weighted by atomic mass is 16.6. The fraction of sp³-hybridized carbons (Fsp3) is 0.533. The van der Waals surface area contributed by atoms with Crippen molar-refractivity contribution in [1.82, 2.24) is 0 Å². The third kappa shape index (κ3) is 4.95. The smallest absolute Gasteiger partial charge is 0.311 e. The Hall–Kier alpha value is -2.29. The van der Waals surface area contributed by atoms with Gasteiger partial charge < -0.3 is 9.64 Å². The van der Waals surface area contributed by atoms with Crippen LogP contribution in [0.5, 0.6) is 5.75 Å². The Morgan fingerprint density at radius 3 is 2.71 bits per heavy atom. The van der Waals surface area contributed by atoms with Gasteiger partial charge in [-0.1, -0.05) is 13.8 Å². The fourth-order valence-electron chi connectivity index (χ4n) is 2.07. The van der Waals surface area contributed by atoms with Crippen LogP contribution in [0.2, 0.25) is 0 Å². The van der Waals surface area contributed by atoms with Crippen molar-refractivity contribution in [3.63, 3.8) is 0 Å². The van der Waals surface area contributed by atoms with Gasteiger partial charge in [-0.2, -0.15) is 5.26 Å². The Bertz CT molecular complexity index is 523. The SMILES string of the molecule is CCOc1cc(N(CCC#N)CC(C)C)ccc1[N+](=O)[O-]. The fourth-order valence-corrected chi connectivity index (χ4v) is 2.07. The molecule has 0 aliphatic rings. The maximum Gasteiger partial charge on any atom is 0.311 e. The molecular formula is C15H21N3O3. The quantitative estimate of drug-likeness (QED) is 0.542. The maximum absolute atomic E-state index is 11.0. The van der Waals surface area contributed by atoms with E-state index in [2.05, 4.69) is 24.8 Å². The van der Waals surface area contributed by atoms with Crippen LogP contribution in [0.25, 0.3) is 0 Å². The molecule has 6 heteroatoms. The number of ether oxygens (including phenoxy) is 1. The van der Waals surface area contributed by atoms with Gasteiger partial charge in [-0.3, -0.25) is 10.1 Å². The number of rotatable bonds is 8. The molecule has 0 amide bonds. The number of nitro groups is 1. The van der Waals surface area contributed by atoms with Crippen LogP contribution in [0.1, 0.15) is 27.2 Å². The summed E-state index contributed by atoms with van der Waals surface area (Å²) >= 11 is 0. The summed E-state index contributed by atoms with van der Waals surface area (Å²) in [6.07, 6.45) is 0.410. The first-order valence-corrected chi connectivity index (χ1v) is 7.02. The van der Waals surface area contributed by atoms with E-state index >= 15 is 0 Å². The molecule has 0 unspecified atom stereocenters. The molecule has 0 saturated carbocycles. The third-order valence-corrected chi connectivity index (χ3v) is 2.88. The van der Waals surface area contributed by atoms with Crippen LogP contribution >= 0.6 is 0 Å². The van der Waals surface area contributed by atoms with Gasteiger partial charge in [0.15, 0.2) is 5.75 Å². The van der Waals surface area contributed by atoms with Crippen LogP contribution < -0.4 is 9.64 Å². The van der Waals surface area contributed by atoms with E-state index in [4.69, 9.17) is 10.00 Å². The number of nitriles is 1. The summed E-state index contributed by atoms with van der Waals surface area (Å²) in [6.45, 7) is 7.72. The highest BCUT2D eigenvalue weighted by molar-refractivity contribution is 5.59. The molecule has 0 spiro atoms. The molecule has 0 saturated heterocycles. The molecule has 0 aliphatic carbocycles. The van der Waals surface area contributed by atoms with Gasteiger partial charge in [0.05, 0.1) is 24.0 Å². The molecular weight excluding hydrogens is 270 g/mol. The maximum atomic E-state index is 11.0. The van der Waals surface area contributed by atoms with Crippen molar-refractivity contribution in [2.24, 2.45) is 5.92 Å². The van der Waals surface area contributed by atoms with Crippen molar-refractivity contribution in [3.8, 4) is 11.8 Å². The monoisotopic (exact) mass is 291 g/mol. The summed E-state index contributed by atoms with van der Waals surface area (Å²) < 4.78 is 5.37. The number of benzene rings is 1. The lowest BCUT2D eigenvalue weighted by atomic mass is 10.1. The lowest BCUT2D eigenvalue weighted by molar-refractivity contribution is -0.385. The zero-order valence-electron chi connectivity index (χ0n) is 12.7. The van der Waals surface area contributed by atoms with E-state index in [1.54, 1.807) is 19.1 Å². The summed E-state index contributed by atoms with van der Waals surface area (Å²) in [5, 5.41) is 19.8. The number of hydrogen-bond donors (Lipinski definition) is 0. The minimum absolute atomic E-state index is 0.0367. The first-order valence-electron chi connectivity index (χ1n) is 7.02. The zero-order valence-corrected chi connectivity index (χ0v) is 12.7.